The van der Waals surface area contributed by atoms with Crippen LogP contribution < -0.4 is 10.6 Å². The van der Waals surface area contributed by atoms with Gasteiger partial charge in [0.05, 0.1) is 11.9 Å². The Kier molecular flexibility index (Phi) is 3.49. The number of nitrogens with one attached hydrogen (secondary N) is 2. The smallest absolute Gasteiger partial charge is 0.409 e. The molecule has 8 heteroatoms. The minimum Gasteiger partial charge on any atom is -0.508 e. The number of nitrogens with zero attached hydrogens (tertiary/aromatic N) is 3. The predicted octanol–water partition coefficient (Wildman–Crippen LogP) is 2.89. The monoisotopic (exact) mass is 313 g/mol. The third kappa shape index (κ3) is 2.73. The van der Waals surface area contributed by atoms with Gasteiger partial charge in [0.15, 0.2) is 5.82 Å². The summed E-state index contributed by atoms with van der Waals surface area (Å²) in [6.45, 7) is 3.59. The van der Waals surface area contributed by atoms with Gasteiger partial charge in [0.2, 0.25) is 0 Å². The van der Waals surface area contributed by atoms with Crippen LogP contribution >= 0.6 is 0 Å². The van der Waals surface area contributed by atoms with Crippen LogP contribution in [0.5, 0.6) is 5.75 Å². The maximum Gasteiger partial charge on any atom is 0.409 e. The average Bonchev–Trinajstić information content (AvgIpc) is 2.80. The van der Waals surface area contributed by atoms with E-state index in [2.05, 4.69) is 20.7 Å². The normalized spacial score (nSPS) is 10.7. The van der Waals surface area contributed by atoms with Crippen molar-refractivity contribution in [3.05, 3.63) is 41.9 Å². The second-order valence-electron chi connectivity index (χ2n) is 5.13. The van der Waals surface area contributed by atoms with Crippen LogP contribution in [0.15, 0.2) is 30.7 Å². The SMILES string of the molecule is Cc1ccc(Nc2ncnn3cc(NC(=O)O)c(C)c23)cc1O. The Morgan fingerprint density at radius 1 is 1.30 bits per heavy atom. The number of hydrogen-bond donors (Lipinski definition) is 4. The van der Waals surface area contributed by atoms with Crippen LogP contribution in [0.2, 0.25) is 0 Å². The molecule has 1 aromatic carbocycles. The first-order valence-electron chi connectivity index (χ1n) is 6.85. The predicted molar refractivity (Wildman–Crippen MR) is 85.5 cm³/mol. The maximum atomic E-state index is 10.8. The number of hydrogen-bond acceptors (Lipinski definition) is 5. The summed E-state index contributed by atoms with van der Waals surface area (Å²) >= 11 is 0. The lowest BCUT2D eigenvalue weighted by molar-refractivity contribution is 0.209. The van der Waals surface area contributed by atoms with Crippen molar-refractivity contribution in [2.45, 2.75) is 13.8 Å². The van der Waals surface area contributed by atoms with Gasteiger partial charge in [0.1, 0.15) is 17.6 Å². The lowest BCUT2D eigenvalue weighted by Crippen LogP contribution is -2.07. The molecule has 2 heterocycles. The highest BCUT2D eigenvalue weighted by Gasteiger charge is 2.14. The van der Waals surface area contributed by atoms with E-state index in [0.717, 1.165) is 5.56 Å². The third-order valence-electron chi connectivity index (χ3n) is 3.54. The standard InChI is InChI=1S/C15H15N5O3/c1-8-3-4-10(5-12(8)21)18-14-13-9(2)11(19-15(22)23)6-20(13)17-7-16-14/h3-7,19,21H,1-2H3,(H,22,23)(H,16,17,18). The Labute approximate surface area is 131 Å². The van der Waals surface area contributed by atoms with E-state index in [-0.39, 0.29) is 5.75 Å². The molecule has 0 aliphatic heterocycles. The Morgan fingerprint density at radius 3 is 2.78 bits per heavy atom. The van der Waals surface area contributed by atoms with Crippen molar-refractivity contribution in [2.24, 2.45) is 0 Å². The van der Waals surface area contributed by atoms with Crippen LogP contribution in [0, 0.1) is 13.8 Å². The number of phenolic OH excluding ortho intramolecular Hbond substituents is 1. The van der Waals surface area contributed by atoms with Gasteiger partial charge in [-0.1, -0.05) is 6.07 Å². The zero-order valence-corrected chi connectivity index (χ0v) is 12.5. The van der Waals surface area contributed by atoms with Crippen molar-refractivity contribution < 1.29 is 15.0 Å². The van der Waals surface area contributed by atoms with Crippen LogP contribution in [-0.4, -0.2) is 30.9 Å². The van der Waals surface area contributed by atoms with Gasteiger partial charge in [0, 0.05) is 17.3 Å². The molecule has 0 saturated carbocycles. The van der Waals surface area contributed by atoms with Gasteiger partial charge >= 0.3 is 6.09 Å². The van der Waals surface area contributed by atoms with Gasteiger partial charge in [-0.05, 0) is 25.5 Å². The van der Waals surface area contributed by atoms with E-state index < -0.39 is 6.09 Å². The van der Waals surface area contributed by atoms with E-state index in [1.54, 1.807) is 29.8 Å². The highest BCUT2D eigenvalue weighted by atomic mass is 16.4. The summed E-state index contributed by atoms with van der Waals surface area (Å²) in [5.41, 5.74) is 3.23. The molecule has 1 amide bonds. The van der Waals surface area contributed by atoms with Crippen LogP contribution in [0.25, 0.3) is 5.52 Å². The molecule has 0 unspecified atom stereocenters. The zero-order chi connectivity index (χ0) is 16.6. The van der Waals surface area contributed by atoms with Crippen molar-refractivity contribution in [1.29, 1.82) is 0 Å². The topological polar surface area (TPSA) is 112 Å². The molecule has 0 saturated heterocycles. The number of aryl methyl sites for hydroxylation is 2. The molecule has 0 radical (unpaired) electrons. The molecule has 0 aliphatic carbocycles. The van der Waals surface area contributed by atoms with E-state index in [1.165, 1.54) is 6.33 Å². The maximum absolute atomic E-state index is 10.8. The fourth-order valence-electron chi connectivity index (χ4n) is 2.32. The van der Waals surface area contributed by atoms with E-state index in [4.69, 9.17) is 5.11 Å². The molecule has 8 nitrogen and oxygen atoms in total. The van der Waals surface area contributed by atoms with Crippen molar-refractivity contribution in [1.82, 2.24) is 14.6 Å². The molecule has 2 aromatic heterocycles. The summed E-state index contributed by atoms with van der Waals surface area (Å²) in [4.78, 5) is 15.1. The molecule has 3 aromatic rings. The second kappa shape index (κ2) is 5.48. The summed E-state index contributed by atoms with van der Waals surface area (Å²) in [5, 5.41) is 28.2. The minimum atomic E-state index is -1.14. The quantitative estimate of drug-likeness (QED) is 0.591. The molecular weight excluding hydrogens is 298 g/mol. The molecule has 0 spiro atoms. The number of anilines is 3. The summed E-state index contributed by atoms with van der Waals surface area (Å²) in [6.07, 6.45) is 1.81. The Hall–Kier alpha value is -3.29. The van der Waals surface area contributed by atoms with E-state index >= 15 is 0 Å². The van der Waals surface area contributed by atoms with Crippen molar-refractivity contribution >= 4 is 28.8 Å². The highest BCUT2D eigenvalue weighted by molar-refractivity contribution is 5.89. The van der Waals surface area contributed by atoms with E-state index in [1.807, 2.05) is 13.0 Å². The van der Waals surface area contributed by atoms with E-state index in [9.17, 15) is 9.90 Å². The highest BCUT2D eigenvalue weighted by Crippen LogP contribution is 2.29. The fraction of sp³-hybridized carbons (Fsp3) is 0.133. The lowest BCUT2D eigenvalue weighted by atomic mass is 10.2. The van der Waals surface area contributed by atoms with Crippen molar-refractivity contribution in [2.75, 3.05) is 10.6 Å². The number of fused-ring (bicyclic) bond motifs is 1. The number of amides is 1. The zero-order valence-electron chi connectivity index (χ0n) is 12.5. The Balaban J connectivity index is 2.05. The fourth-order valence-corrected chi connectivity index (χ4v) is 2.32. The first kappa shape index (κ1) is 14.6. The van der Waals surface area contributed by atoms with Crippen LogP contribution in [0.4, 0.5) is 22.0 Å². The van der Waals surface area contributed by atoms with Crippen LogP contribution in [0.1, 0.15) is 11.1 Å². The van der Waals surface area contributed by atoms with Crippen LogP contribution in [-0.2, 0) is 0 Å². The first-order chi connectivity index (χ1) is 11.0. The first-order valence-corrected chi connectivity index (χ1v) is 6.85. The molecule has 23 heavy (non-hydrogen) atoms. The summed E-state index contributed by atoms with van der Waals surface area (Å²) in [5.74, 6) is 0.694. The molecule has 0 fully saturated rings. The Morgan fingerprint density at radius 2 is 2.09 bits per heavy atom. The molecule has 0 atom stereocenters. The number of aromatic nitrogens is 3. The number of aromatic hydroxyl groups is 1. The summed E-state index contributed by atoms with van der Waals surface area (Å²) in [7, 11) is 0. The lowest BCUT2D eigenvalue weighted by Gasteiger charge is -2.09. The molecule has 3 rings (SSSR count). The van der Waals surface area contributed by atoms with Gasteiger partial charge in [-0.25, -0.2) is 14.3 Å². The number of carbonyl (C=O) groups is 1. The molecule has 118 valence electrons. The molecular formula is C15H15N5O3. The van der Waals surface area contributed by atoms with Crippen LogP contribution in [0.3, 0.4) is 0 Å². The van der Waals surface area contributed by atoms with Gasteiger partial charge in [0.25, 0.3) is 0 Å². The number of benzene rings is 1. The second-order valence-corrected chi connectivity index (χ2v) is 5.13. The van der Waals surface area contributed by atoms with Gasteiger partial charge in [-0.2, -0.15) is 5.10 Å². The van der Waals surface area contributed by atoms with Gasteiger partial charge in [-0.15, -0.1) is 0 Å². The summed E-state index contributed by atoms with van der Waals surface area (Å²) in [6, 6.07) is 5.21. The number of phenols is 1. The third-order valence-corrected chi connectivity index (χ3v) is 3.54. The minimum absolute atomic E-state index is 0.181. The average molecular weight is 313 g/mol. The largest absolute Gasteiger partial charge is 0.508 e. The molecule has 4 N–H and O–H groups in total. The number of rotatable bonds is 3. The molecule has 0 bridgehead atoms. The summed E-state index contributed by atoms with van der Waals surface area (Å²) < 4.78 is 1.55. The van der Waals surface area contributed by atoms with Crippen molar-refractivity contribution in [3.63, 3.8) is 0 Å². The Bertz CT molecular complexity index is 904. The van der Waals surface area contributed by atoms with Gasteiger partial charge in [-0.3, -0.25) is 5.32 Å². The van der Waals surface area contributed by atoms with Crippen molar-refractivity contribution in [3.8, 4) is 5.75 Å². The molecule has 0 aliphatic rings. The van der Waals surface area contributed by atoms with E-state index in [0.29, 0.717) is 28.3 Å². The van der Waals surface area contributed by atoms with Gasteiger partial charge < -0.3 is 15.5 Å². The number of carboxylic acid groups (broad SMARTS) is 1.